The second-order valence-electron chi connectivity index (χ2n) is 4.07. The molecule has 2 aromatic rings. The number of ether oxygens (including phenoxy) is 1. The molecule has 19 heavy (non-hydrogen) atoms. The van der Waals surface area contributed by atoms with Gasteiger partial charge < -0.3 is 10.1 Å². The summed E-state index contributed by atoms with van der Waals surface area (Å²) in [6.07, 6.45) is 5.11. The Hall–Kier alpha value is -2.43. The molecule has 0 aliphatic rings. The fourth-order valence-electron chi connectivity index (χ4n) is 1.70. The number of anilines is 1. The zero-order chi connectivity index (χ0) is 13.7. The number of carbonyl (C=O) groups excluding carboxylic acids is 1. The van der Waals surface area contributed by atoms with Gasteiger partial charge in [-0.25, -0.2) is 9.78 Å². The molecule has 0 spiro atoms. The maximum Gasteiger partial charge on any atom is 0.356 e. The molecule has 0 aromatic carbocycles. The van der Waals surface area contributed by atoms with Crippen LogP contribution in [0.15, 0.2) is 42.9 Å². The van der Waals surface area contributed by atoms with Gasteiger partial charge in [-0.2, -0.15) is 0 Å². The second kappa shape index (κ2) is 5.95. The Balaban J connectivity index is 2.13. The number of aromatic nitrogens is 2. The average Bonchev–Trinajstić information content (AvgIpc) is 2.47. The third-order valence-electron chi connectivity index (χ3n) is 2.72. The molecule has 2 heterocycles. The Morgan fingerprint density at radius 1 is 1.37 bits per heavy atom. The minimum atomic E-state index is -0.447. The topological polar surface area (TPSA) is 64.1 Å². The average molecular weight is 257 g/mol. The standard InChI is InChI=1S/C14H15N3O2/c1-10(11-4-3-6-15-9-11)17-12-5-7-16-13(8-12)14(18)19-2/h3-10H,1-2H3,(H,16,17). The van der Waals surface area contributed by atoms with Gasteiger partial charge in [0, 0.05) is 24.3 Å². The molecule has 5 nitrogen and oxygen atoms in total. The van der Waals surface area contributed by atoms with Crippen LogP contribution in [0, 0.1) is 0 Å². The highest BCUT2D eigenvalue weighted by molar-refractivity contribution is 5.88. The monoisotopic (exact) mass is 257 g/mol. The van der Waals surface area contributed by atoms with E-state index in [0.29, 0.717) is 0 Å². The molecular formula is C14H15N3O2. The number of hydrogen-bond acceptors (Lipinski definition) is 5. The molecule has 98 valence electrons. The maximum absolute atomic E-state index is 11.4. The summed E-state index contributed by atoms with van der Waals surface area (Å²) >= 11 is 0. The summed E-state index contributed by atoms with van der Waals surface area (Å²) in [5, 5.41) is 3.29. The minimum absolute atomic E-state index is 0.0848. The van der Waals surface area contributed by atoms with Crippen molar-refractivity contribution in [1.29, 1.82) is 0 Å². The van der Waals surface area contributed by atoms with Gasteiger partial charge in [0.1, 0.15) is 5.69 Å². The highest BCUT2D eigenvalue weighted by Gasteiger charge is 2.09. The molecule has 2 rings (SSSR count). The first-order valence-electron chi connectivity index (χ1n) is 5.91. The third kappa shape index (κ3) is 3.28. The lowest BCUT2D eigenvalue weighted by Crippen LogP contribution is -2.09. The van der Waals surface area contributed by atoms with E-state index in [1.54, 1.807) is 30.7 Å². The number of pyridine rings is 2. The molecule has 0 radical (unpaired) electrons. The van der Waals surface area contributed by atoms with Crippen LogP contribution in [0.1, 0.15) is 29.0 Å². The summed E-state index contributed by atoms with van der Waals surface area (Å²) in [4.78, 5) is 19.4. The summed E-state index contributed by atoms with van der Waals surface area (Å²) in [6.45, 7) is 2.02. The van der Waals surface area contributed by atoms with Crippen LogP contribution < -0.4 is 5.32 Å². The first kappa shape index (κ1) is 13.0. The van der Waals surface area contributed by atoms with Crippen LogP contribution in [0.2, 0.25) is 0 Å². The number of methoxy groups -OCH3 is 1. The largest absolute Gasteiger partial charge is 0.464 e. The van der Waals surface area contributed by atoms with Crippen molar-refractivity contribution in [2.24, 2.45) is 0 Å². The predicted octanol–water partition coefficient (Wildman–Crippen LogP) is 2.44. The van der Waals surface area contributed by atoms with Gasteiger partial charge in [-0.3, -0.25) is 4.98 Å². The summed E-state index contributed by atoms with van der Waals surface area (Å²) in [5.74, 6) is -0.447. The van der Waals surface area contributed by atoms with E-state index in [1.165, 1.54) is 7.11 Å². The smallest absolute Gasteiger partial charge is 0.356 e. The van der Waals surface area contributed by atoms with Crippen molar-refractivity contribution in [3.8, 4) is 0 Å². The van der Waals surface area contributed by atoms with Crippen LogP contribution in [0.3, 0.4) is 0 Å². The van der Waals surface area contributed by atoms with Gasteiger partial charge in [0.05, 0.1) is 13.2 Å². The van der Waals surface area contributed by atoms with Gasteiger partial charge in [0.2, 0.25) is 0 Å². The lowest BCUT2D eigenvalue weighted by atomic mass is 10.1. The van der Waals surface area contributed by atoms with E-state index in [-0.39, 0.29) is 11.7 Å². The summed E-state index contributed by atoms with van der Waals surface area (Å²) in [5.41, 5.74) is 2.16. The predicted molar refractivity (Wildman–Crippen MR) is 71.9 cm³/mol. The van der Waals surface area contributed by atoms with Crippen molar-refractivity contribution in [3.63, 3.8) is 0 Å². The zero-order valence-electron chi connectivity index (χ0n) is 10.8. The first-order valence-corrected chi connectivity index (χ1v) is 5.91. The van der Waals surface area contributed by atoms with E-state index in [2.05, 4.69) is 20.0 Å². The highest BCUT2D eigenvalue weighted by Crippen LogP contribution is 2.18. The van der Waals surface area contributed by atoms with Gasteiger partial charge in [0.25, 0.3) is 0 Å². The molecule has 0 saturated carbocycles. The molecule has 2 aromatic heterocycles. The molecule has 0 bridgehead atoms. The van der Waals surface area contributed by atoms with Crippen molar-refractivity contribution < 1.29 is 9.53 Å². The van der Waals surface area contributed by atoms with Crippen LogP contribution in [0.4, 0.5) is 5.69 Å². The van der Waals surface area contributed by atoms with Crippen LogP contribution in [-0.2, 0) is 4.74 Å². The molecular weight excluding hydrogens is 242 g/mol. The Morgan fingerprint density at radius 2 is 2.21 bits per heavy atom. The third-order valence-corrected chi connectivity index (χ3v) is 2.72. The van der Waals surface area contributed by atoms with E-state index in [1.807, 2.05) is 19.1 Å². The van der Waals surface area contributed by atoms with Gasteiger partial charge in [-0.1, -0.05) is 6.07 Å². The Bertz CT molecular complexity index is 558. The summed E-state index contributed by atoms with van der Waals surface area (Å²) in [7, 11) is 1.34. The number of esters is 1. The van der Waals surface area contributed by atoms with Gasteiger partial charge in [-0.05, 0) is 30.7 Å². The molecule has 1 atom stereocenters. The van der Waals surface area contributed by atoms with Gasteiger partial charge in [0.15, 0.2) is 0 Å². The fraction of sp³-hybridized carbons (Fsp3) is 0.214. The van der Waals surface area contributed by atoms with Crippen LogP contribution >= 0.6 is 0 Å². The molecule has 0 fully saturated rings. The second-order valence-corrected chi connectivity index (χ2v) is 4.07. The quantitative estimate of drug-likeness (QED) is 0.852. The van der Waals surface area contributed by atoms with Gasteiger partial charge >= 0.3 is 5.97 Å². The SMILES string of the molecule is COC(=O)c1cc(NC(C)c2cccnc2)ccn1. The molecule has 0 aliphatic heterocycles. The highest BCUT2D eigenvalue weighted by atomic mass is 16.5. The van der Waals surface area contributed by atoms with Crippen molar-refractivity contribution in [1.82, 2.24) is 9.97 Å². The van der Waals surface area contributed by atoms with Crippen molar-refractivity contribution in [2.45, 2.75) is 13.0 Å². The van der Waals surface area contributed by atoms with Crippen LogP contribution in [-0.4, -0.2) is 23.0 Å². The maximum atomic E-state index is 11.4. The summed E-state index contributed by atoms with van der Waals surface area (Å²) in [6, 6.07) is 7.44. The Labute approximate surface area is 111 Å². The minimum Gasteiger partial charge on any atom is -0.464 e. The zero-order valence-corrected chi connectivity index (χ0v) is 10.8. The molecule has 0 saturated heterocycles. The van der Waals surface area contributed by atoms with Crippen LogP contribution in [0.5, 0.6) is 0 Å². The van der Waals surface area contributed by atoms with Crippen molar-refractivity contribution in [3.05, 3.63) is 54.1 Å². The normalized spacial score (nSPS) is 11.7. The number of rotatable bonds is 4. The number of nitrogens with one attached hydrogen (secondary N) is 1. The molecule has 5 heteroatoms. The Morgan fingerprint density at radius 3 is 2.89 bits per heavy atom. The molecule has 1 unspecified atom stereocenters. The molecule has 0 aliphatic carbocycles. The first-order chi connectivity index (χ1) is 9.20. The fourth-order valence-corrected chi connectivity index (χ4v) is 1.70. The van der Waals surface area contributed by atoms with E-state index >= 15 is 0 Å². The number of nitrogens with zero attached hydrogens (tertiary/aromatic N) is 2. The Kier molecular flexibility index (Phi) is 4.07. The van der Waals surface area contributed by atoms with Crippen LogP contribution in [0.25, 0.3) is 0 Å². The number of hydrogen-bond donors (Lipinski definition) is 1. The lowest BCUT2D eigenvalue weighted by Gasteiger charge is -2.15. The van der Waals surface area contributed by atoms with E-state index in [4.69, 9.17) is 0 Å². The number of carbonyl (C=O) groups is 1. The summed E-state index contributed by atoms with van der Waals surface area (Å²) < 4.78 is 4.64. The van der Waals surface area contributed by atoms with Crippen molar-refractivity contribution in [2.75, 3.05) is 12.4 Å². The van der Waals surface area contributed by atoms with Crippen molar-refractivity contribution >= 4 is 11.7 Å². The van der Waals surface area contributed by atoms with E-state index in [9.17, 15) is 4.79 Å². The van der Waals surface area contributed by atoms with E-state index < -0.39 is 5.97 Å². The molecule has 0 amide bonds. The lowest BCUT2D eigenvalue weighted by molar-refractivity contribution is 0.0594. The molecule has 1 N–H and O–H groups in total. The van der Waals surface area contributed by atoms with Gasteiger partial charge in [-0.15, -0.1) is 0 Å². The van der Waals surface area contributed by atoms with E-state index in [0.717, 1.165) is 11.3 Å².